The Labute approximate surface area is 96.3 Å². The summed E-state index contributed by atoms with van der Waals surface area (Å²) >= 11 is 0. The van der Waals surface area contributed by atoms with Crippen LogP contribution in [0, 0.1) is 5.92 Å². The molecule has 1 aromatic heterocycles. The maximum Gasteiger partial charge on any atom is 0.194 e. The molecule has 1 aromatic rings. The van der Waals surface area contributed by atoms with Crippen LogP contribution in [0.3, 0.4) is 0 Å². The summed E-state index contributed by atoms with van der Waals surface area (Å²) in [5.41, 5.74) is 0.865. The van der Waals surface area contributed by atoms with Crippen molar-refractivity contribution in [2.24, 2.45) is 5.92 Å². The lowest BCUT2D eigenvalue weighted by Gasteiger charge is -2.07. The van der Waals surface area contributed by atoms with Gasteiger partial charge in [0.05, 0.1) is 12.3 Å². The first-order chi connectivity index (χ1) is 7.69. The number of rotatable bonds is 4. The zero-order chi connectivity index (χ0) is 11.5. The summed E-state index contributed by atoms with van der Waals surface area (Å²) in [7, 11) is 2.15. The molecular formula is C12H20N2O2. The molecule has 0 radical (unpaired) electrons. The van der Waals surface area contributed by atoms with Gasteiger partial charge in [-0.1, -0.05) is 6.92 Å². The van der Waals surface area contributed by atoms with E-state index < -0.39 is 0 Å². The first kappa shape index (κ1) is 11.6. The maximum atomic E-state index is 9.03. The van der Waals surface area contributed by atoms with E-state index in [1.165, 1.54) is 13.0 Å². The van der Waals surface area contributed by atoms with Gasteiger partial charge in [-0.05, 0) is 25.9 Å². The monoisotopic (exact) mass is 224 g/mol. The van der Waals surface area contributed by atoms with E-state index in [0.717, 1.165) is 24.6 Å². The number of aromatic nitrogens is 1. The highest BCUT2D eigenvalue weighted by Crippen LogP contribution is 2.21. The molecule has 0 saturated carbocycles. The molecule has 2 unspecified atom stereocenters. The van der Waals surface area contributed by atoms with Gasteiger partial charge in [0.2, 0.25) is 0 Å². The summed E-state index contributed by atoms with van der Waals surface area (Å²) in [6.45, 7) is 4.38. The largest absolute Gasteiger partial charge is 0.449 e. The van der Waals surface area contributed by atoms with Gasteiger partial charge in [0.15, 0.2) is 5.89 Å². The van der Waals surface area contributed by atoms with Gasteiger partial charge >= 0.3 is 0 Å². The van der Waals surface area contributed by atoms with Gasteiger partial charge in [-0.2, -0.15) is 0 Å². The summed E-state index contributed by atoms with van der Waals surface area (Å²) in [4.78, 5) is 6.76. The van der Waals surface area contributed by atoms with E-state index in [1.54, 1.807) is 6.26 Å². The molecule has 1 fully saturated rings. The number of hydrogen-bond acceptors (Lipinski definition) is 4. The van der Waals surface area contributed by atoms with Crippen LogP contribution < -0.4 is 0 Å². The second-order valence-corrected chi connectivity index (χ2v) is 4.87. The van der Waals surface area contributed by atoms with E-state index in [1.807, 2.05) is 6.92 Å². The van der Waals surface area contributed by atoms with Gasteiger partial charge in [0.25, 0.3) is 0 Å². The maximum absolute atomic E-state index is 9.03. The predicted octanol–water partition coefficient (Wildman–Crippen LogP) is 1.26. The molecule has 1 N–H and O–H groups in total. The van der Waals surface area contributed by atoms with Crippen molar-refractivity contribution >= 4 is 0 Å². The second kappa shape index (κ2) is 4.97. The molecule has 4 nitrogen and oxygen atoms in total. The third-order valence-electron chi connectivity index (χ3n) is 3.30. The number of aliphatic hydroxyl groups is 1. The summed E-state index contributed by atoms with van der Waals surface area (Å²) in [5, 5.41) is 9.03. The minimum Gasteiger partial charge on any atom is -0.449 e. The average Bonchev–Trinajstić information content (AvgIpc) is 2.87. The minimum atomic E-state index is 0.0729. The Morgan fingerprint density at radius 2 is 2.50 bits per heavy atom. The first-order valence-electron chi connectivity index (χ1n) is 5.92. The topological polar surface area (TPSA) is 49.5 Å². The van der Waals surface area contributed by atoms with Gasteiger partial charge in [-0.15, -0.1) is 0 Å². The molecule has 4 heteroatoms. The molecule has 0 spiro atoms. The van der Waals surface area contributed by atoms with Crippen molar-refractivity contribution in [2.75, 3.05) is 26.7 Å². The minimum absolute atomic E-state index is 0.0729. The molecule has 1 saturated heterocycles. The van der Waals surface area contributed by atoms with E-state index in [9.17, 15) is 0 Å². The van der Waals surface area contributed by atoms with Crippen LogP contribution in [0.4, 0.5) is 0 Å². The number of nitrogens with zero attached hydrogens (tertiary/aromatic N) is 2. The highest BCUT2D eigenvalue weighted by Gasteiger charge is 2.22. The SMILES string of the molecule is CC(CO)c1coc(CC2CCN(C)C2)n1. The number of hydrogen-bond donors (Lipinski definition) is 1. The number of likely N-dealkylation sites (tertiary alicyclic amines) is 1. The molecule has 2 heterocycles. The van der Waals surface area contributed by atoms with Crippen LogP contribution in [0.5, 0.6) is 0 Å². The van der Waals surface area contributed by atoms with Gasteiger partial charge in [-0.3, -0.25) is 0 Å². The molecule has 16 heavy (non-hydrogen) atoms. The van der Waals surface area contributed by atoms with Crippen LogP contribution >= 0.6 is 0 Å². The van der Waals surface area contributed by atoms with E-state index in [2.05, 4.69) is 16.9 Å². The average molecular weight is 224 g/mol. The van der Waals surface area contributed by atoms with Gasteiger partial charge in [0.1, 0.15) is 6.26 Å². The molecule has 0 aromatic carbocycles. The second-order valence-electron chi connectivity index (χ2n) is 4.87. The third kappa shape index (κ3) is 2.62. The normalized spacial score (nSPS) is 23.8. The fourth-order valence-electron chi connectivity index (χ4n) is 2.18. The summed E-state index contributed by atoms with van der Waals surface area (Å²) in [6, 6.07) is 0. The Morgan fingerprint density at radius 1 is 1.69 bits per heavy atom. The fourth-order valence-corrected chi connectivity index (χ4v) is 2.18. The van der Waals surface area contributed by atoms with Crippen molar-refractivity contribution in [3.8, 4) is 0 Å². The van der Waals surface area contributed by atoms with E-state index >= 15 is 0 Å². The third-order valence-corrected chi connectivity index (χ3v) is 3.30. The molecule has 2 rings (SSSR count). The zero-order valence-corrected chi connectivity index (χ0v) is 10.0. The predicted molar refractivity (Wildman–Crippen MR) is 61.3 cm³/mol. The van der Waals surface area contributed by atoms with E-state index in [4.69, 9.17) is 9.52 Å². The zero-order valence-electron chi connectivity index (χ0n) is 10.0. The lowest BCUT2D eigenvalue weighted by molar-refractivity contribution is 0.271. The highest BCUT2D eigenvalue weighted by atomic mass is 16.3. The van der Waals surface area contributed by atoms with Crippen molar-refractivity contribution in [3.05, 3.63) is 17.8 Å². The van der Waals surface area contributed by atoms with Crippen LogP contribution in [-0.4, -0.2) is 41.7 Å². The lowest BCUT2D eigenvalue weighted by atomic mass is 10.1. The Balaban J connectivity index is 1.92. The lowest BCUT2D eigenvalue weighted by Crippen LogP contribution is -2.15. The Hall–Kier alpha value is -0.870. The number of aliphatic hydroxyl groups excluding tert-OH is 1. The standard InChI is InChI=1S/C12H20N2O2/c1-9(7-15)11-8-16-12(13-11)5-10-3-4-14(2)6-10/h8-10,15H,3-7H2,1-2H3. The van der Waals surface area contributed by atoms with Crippen molar-refractivity contribution < 1.29 is 9.52 Å². The number of oxazole rings is 1. The Morgan fingerprint density at radius 3 is 3.12 bits per heavy atom. The molecule has 90 valence electrons. The molecule has 0 bridgehead atoms. The van der Waals surface area contributed by atoms with Crippen molar-refractivity contribution in [3.63, 3.8) is 0 Å². The van der Waals surface area contributed by atoms with E-state index in [0.29, 0.717) is 5.92 Å². The molecule has 0 amide bonds. The Bertz CT molecular complexity index is 338. The van der Waals surface area contributed by atoms with Crippen molar-refractivity contribution in [2.45, 2.75) is 25.7 Å². The van der Waals surface area contributed by atoms with Crippen LogP contribution in [0.1, 0.15) is 30.8 Å². The summed E-state index contributed by atoms with van der Waals surface area (Å²) < 4.78 is 5.44. The van der Waals surface area contributed by atoms with Gasteiger partial charge in [-0.25, -0.2) is 4.98 Å². The van der Waals surface area contributed by atoms with Gasteiger partial charge in [0, 0.05) is 18.9 Å². The molecule has 1 aliphatic rings. The molecular weight excluding hydrogens is 204 g/mol. The van der Waals surface area contributed by atoms with Crippen molar-refractivity contribution in [1.29, 1.82) is 0 Å². The summed E-state index contributed by atoms with van der Waals surface area (Å²) in [6.07, 6.45) is 3.82. The molecule has 0 aliphatic carbocycles. The Kier molecular flexibility index (Phi) is 3.61. The smallest absolute Gasteiger partial charge is 0.194 e. The first-order valence-corrected chi connectivity index (χ1v) is 5.92. The molecule has 2 atom stereocenters. The van der Waals surface area contributed by atoms with Crippen LogP contribution in [0.2, 0.25) is 0 Å². The molecule has 1 aliphatic heterocycles. The quantitative estimate of drug-likeness (QED) is 0.836. The van der Waals surface area contributed by atoms with Crippen LogP contribution in [-0.2, 0) is 6.42 Å². The van der Waals surface area contributed by atoms with Crippen LogP contribution in [0.15, 0.2) is 10.7 Å². The van der Waals surface area contributed by atoms with Crippen molar-refractivity contribution in [1.82, 2.24) is 9.88 Å². The van der Waals surface area contributed by atoms with E-state index in [-0.39, 0.29) is 12.5 Å². The fraction of sp³-hybridized carbons (Fsp3) is 0.750. The van der Waals surface area contributed by atoms with Crippen LogP contribution in [0.25, 0.3) is 0 Å². The van der Waals surface area contributed by atoms with Gasteiger partial charge < -0.3 is 14.4 Å². The summed E-state index contributed by atoms with van der Waals surface area (Å²) in [5.74, 6) is 1.56. The highest BCUT2D eigenvalue weighted by molar-refractivity contribution is 5.03.